The minimum atomic E-state index is -0.233. The number of pyridine rings is 2. The highest BCUT2D eigenvalue weighted by atomic mass is 16.6. The highest BCUT2D eigenvalue weighted by Crippen LogP contribution is 2.47. The molecule has 2 saturated carbocycles. The second-order valence-electron chi connectivity index (χ2n) is 12.4. The largest absolute Gasteiger partial charge is 0.459 e. The van der Waals surface area contributed by atoms with Crippen molar-refractivity contribution in [3.8, 4) is 0 Å². The molecule has 0 bridgehead atoms. The molecule has 10 nitrogen and oxygen atoms in total. The Hall–Kier alpha value is -3.24. The van der Waals surface area contributed by atoms with Gasteiger partial charge < -0.3 is 30.4 Å². The minimum absolute atomic E-state index is 0.0183. The first-order chi connectivity index (χ1) is 20.1. The summed E-state index contributed by atoms with van der Waals surface area (Å²) >= 11 is 0. The number of carbonyl (C=O) groups is 2. The number of ether oxygens (including phenoxy) is 4. The van der Waals surface area contributed by atoms with Crippen LogP contribution in [0.25, 0.3) is 0 Å². The molecule has 0 unspecified atom stereocenters. The molecule has 0 radical (unpaired) electrons. The van der Waals surface area contributed by atoms with Crippen LogP contribution in [-0.4, -0.2) is 46.3 Å². The lowest BCUT2D eigenvalue weighted by molar-refractivity contribution is -0.186. The first-order valence-electron chi connectivity index (χ1n) is 15.2. The van der Waals surface area contributed by atoms with Gasteiger partial charge in [-0.2, -0.15) is 0 Å². The fourth-order valence-corrected chi connectivity index (χ4v) is 6.42. The number of hydrogen-bond acceptors (Lipinski definition) is 10. The maximum atomic E-state index is 11.3. The van der Waals surface area contributed by atoms with Crippen LogP contribution in [0.5, 0.6) is 0 Å². The maximum absolute atomic E-state index is 11.3. The molecule has 2 aliphatic heterocycles. The summed E-state index contributed by atoms with van der Waals surface area (Å²) < 4.78 is 23.6. The molecule has 4 fully saturated rings. The Kier molecular flexibility index (Phi) is 9.32. The Morgan fingerprint density at radius 2 is 1.12 bits per heavy atom. The number of nitrogen functional groups attached to an aromatic ring is 2. The molecule has 2 aliphatic carbocycles. The standard InChI is InChI=1S/2C16H22N2O3/c2*1-9-7-14(12-5-6-18-8-13(12)17)21-16(11-3-4-11)15(9)20-10(2)19/h2*5-6,8-9,11,14-16H,3-4,7,17H2,1-2H3/t2*9-,14-,15+,16-/m10/s1. The Morgan fingerprint density at radius 1 is 0.738 bits per heavy atom. The Morgan fingerprint density at radius 3 is 1.43 bits per heavy atom. The second-order valence-corrected chi connectivity index (χ2v) is 12.4. The second kappa shape index (κ2) is 13.0. The molecule has 6 rings (SSSR count). The molecule has 2 aromatic rings. The van der Waals surface area contributed by atoms with Crippen LogP contribution < -0.4 is 11.5 Å². The molecule has 2 aromatic heterocycles. The molecule has 4 N–H and O–H groups in total. The third kappa shape index (κ3) is 7.21. The van der Waals surface area contributed by atoms with Gasteiger partial charge in [-0.25, -0.2) is 0 Å². The SMILES string of the molecule is CC(=O)O[C@@H]1[C@@H](C)C[C@@H](c2ccncc2N)O[C@H]1C1CC1.CC(=O)O[C@H]1[C@H](C)C[C@H](c2ccncc2N)O[C@@H]1C1CC1. The molecule has 228 valence electrons. The van der Waals surface area contributed by atoms with Gasteiger partial charge in [0.2, 0.25) is 0 Å². The quantitative estimate of drug-likeness (QED) is 0.450. The summed E-state index contributed by atoms with van der Waals surface area (Å²) in [6.07, 6.45) is 12.6. The normalized spacial score (nSPS) is 32.7. The number of carbonyl (C=O) groups excluding carboxylic acids is 2. The molecule has 8 atom stereocenters. The van der Waals surface area contributed by atoms with Crippen molar-refractivity contribution in [1.29, 1.82) is 0 Å². The molecule has 0 amide bonds. The lowest BCUT2D eigenvalue weighted by Gasteiger charge is -2.40. The smallest absolute Gasteiger partial charge is 0.303 e. The van der Waals surface area contributed by atoms with E-state index < -0.39 is 0 Å². The number of aromatic nitrogens is 2. The van der Waals surface area contributed by atoms with E-state index in [2.05, 4.69) is 23.8 Å². The van der Waals surface area contributed by atoms with E-state index in [1.54, 1.807) is 24.8 Å². The third-order valence-corrected chi connectivity index (χ3v) is 8.83. The third-order valence-electron chi connectivity index (χ3n) is 8.83. The van der Waals surface area contributed by atoms with E-state index in [4.69, 9.17) is 30.4 Å². The van der Waals surface area contributed by atoms with Crippen LogP contribution in [0.3, 0.4) is 0 Å². The van der Waals surface area contributed by atoms with Gasteiger partial charge in [-0.15, -0.1) is 0 Å². The van der Waals surface area contributed by atoms with Gasteiger partial charge in [-0.3, -0.25) is 19.6 Å². The monoisotopic (exact) mass is 580 g/mol. The van der Waals surface area contributed by atoms with Gasteiger partial charge in [0, 0.05) is 37.4 Å². The summed E-state index contributed by atoms with van der Waals surface area (Å²) in [5, 5.41) is 0. The van der Waals surface area contributed by atoms with Crippen LogP contribution in [0.15, 0.2) is 36.9 Å². The van der Waals surface area contributed by atoms with Crippen molar-refractivity contribution < 1.29 is 28.5 Å². The molecular weight excluding hydrogens is 536 g/mol. The molecule has 2 saturated heterocycles. The van der Waals surface area contributed by atoms with E-state index in [0.717, 1.165) is 49.7 Å². The number of esters is 2. The zero-order valence-corrected chi connectivity index (χ0v) is 25.0. The topological polar surface area (TPSA) is 149 Å². The van der Waals surface area contributed by atoms with Gasteiger partial charge in [0.1, 0.15) is 12.2 Å². The summed E-state index contributed by atoms with van der Waals surface area (Å²) in [6, 6.07) is 3.84. The van der Waals surface area contributed by atoms with Crippen molar-refractivity contribution in [2.24, 2.45) is 23.7 Å². The van der Waals surface area contributed by atoms with Gasteiger partial charge in [0.25, 0.3) is 0 Å². The number of hydrogen-bond donors (Lipinski definition) is 2. The highest BCUT2D eigenvalue weighted by molar-refractivity contribution is 5.66. The van der Waals surface area contributed by atoms with Crippen LogP contribution >= 0.6 is 0 Å². The van der Waals surface area contributed by atoms with Crippen molar-refractivity contribution in [3.05, 3.63) is 48.0 Å². The van der Waals surface area contributed by atoms with Crippen LogP contribution in [0.4, 0.5) is 11.4 Å². The summed E-state index contributed by atoms with van der Waals surface area (Å²) in [7, 11) is 0. The van der Waals surface area contributed by atoms with E-state index in [0.29, 0.717) is 23.2 Å². The fraction of sp³-hybridized carbons (Fsp3) is 0.625. The van der Waals surface area contributed by atoms with Crippen molar-refractivity contribution in [3.63, 3.8) is 0 Å². The molecular formula is C32H44N4O6. The summed E-state index contributed by atoms with van der Waals surface area (Å²) in [5.41, 5.74) is 15.3. The fourth-order valence-electron chi connectivity index (χ4n) is 6.42. The number of nitrogens with zero attached hydrogens (tertiary/aromatic N) is 2. The lowest BCUT2D eigenvalue weighted by Crippen LogP contribution is -2.45. The first kappa shape index (κ1) is 30.2. The van der Waals surface area contributed by atoms with Crippen LogP contribution in [0.2, 0.25) is 0 Å². The van der Waals surface area contributed by atoms with E-state index in [1.165, 1.54) is 13.8 Å². The predicted molar refractivity (Wildman–Crippen MR) is 157 cm³/mol. The van der Waals surface area contributed by atoms with E-state index in [9.17, 15) is 9.59 Å². The van der Waals surface area contributed by atoms with Crippen molar-refractivity contribution >= 4 is 23.3 Å². The molecule has 0 aromatic carbocycles. The van der Waals surface area contributed by atoms with Crippen LogP contribution in [-0.2, 0) is 28.5 Å². The maximum Gasteiger partial charge on any atom is 0.303 e. The van der Waals surface area contributed by atoms with E-state index in [1.807, 2.05) is 12.1 Å². The van der Waals surface area contributed by atoms with Crippen molar-refractivity contribution in [2.75, 3.05) is 11.5 Å². The predicted octanol–water partition coefficient (Wildman–Crippen LogP) is 4.94. The van der Waals surface area contributed by atoms with Gasteiger partial charge in [-0.1, -0.05) is 13.8 Å². The van der Waals surface area contributed by atoms with Crippen molar-refractivity contribution in [2.45, 2.75) is 103 Å². The average Bonchev–Trinajstić information content (AvgIpc) is 3.85. The van der Waals surface area contributed by atoms with Gasteiger partial charge in [0.15, 0.2) is 0 Å². The van der Waals surface area contributed by atoms with Crippen LogP contribution in [0, 0.1) is 23.7 Å². The first-order valence-corrected chi connectivity index (χ1v) is 15.2. The number of anilines is 2. The zero-order valence-electron chi connectivity index (χ0n) is 25.0. The Labute approximate surface area is 247 Å². The van der Waals surface area contributed by atoms with E-state index >= 15 is 0 Å². The van der Waals surface area contributed by atoms with E-state index in [-0.39, 0.29) is 60.4 Å². The van der Waals surface area contributed by atoms with Crippen molar-refractivity contribution in [1.82, 2.24) is 9.97 Å². The molecule has 4 aliphatic rings. The molecule has 42 heavy (non-hydrogen) atoms. The molecule has 0 spiro atoms. The number of rotatable bonds is 6. The Bertz CT molecular complexity index is 1160. The molecule has 10 heteroatoms. The van der Waals surface area contributed by atoms with Gasteiger partial charge in [0.05, 0.1) is 48.2 Å². The van der Waals surface area contributed by atoms with Crippen LogP contribution in [0.1, 0.15) is 89.6 Å². The summed E-state index contributed by atoms with van der Waals surface area (Å²) in [6.45, 7) is 7.17. The highest BCUT2D eigenvalue weighted by Gasteiger charge is 2.48. The van der Waals surface area contributed by atoms with Gasteiger partial charge in [-0.05, 0) is 74.3 Å². The lowest BCUT2D eigenvalue weighted by atomic mass is 9.86. The average molecular weight is 581 g/mol. The Balaban J connectivity index is 0.000000168. The zero-order chi connectivity index (χ0) is 30.0. The summed E-state index contributed by atoms with van der Waals surface area (Å²) in [4.78, 5) is 30.8. The summed E-state index contributed by atoms with van der Waals surface area (Å²) in [5.74, 6) is 1.05. The van der Waals surface area contributed by atoms with Gasteiger partial charge >= 0.3 is 11.9 Å². The molecule has 4 heterocycles. The number of nitrogens with two attached hydrogens (primary N) is 2. The minimum Gasteiger partial charge on any atom is -0.459 e.